The monoisotopic (exact) mass is 551 g/mol. The Morgan fingerprint density at radius 2 is 1.82 bits per heavy atom. The molecule has 1 aromatic heterocycles. The van der Waals surface area contributed by atoms with Crippen LogP contribution in [0.15, 0.2) is 47.3 Å². The number of carbonyl (C=O) groups excluding carboxylic acids is 1. The Bertz CT molecular complexity index is 1330. The van der Waals surface area contributed by atoms with Crippen molar-refractivity contribution >= 4 is 17.4 Å². The second-order valence-electron chi connectivity index (χ2n) is 9.04. The van der Waals surface area contributed by atoms with Crippen molar-refractivity contribution in [1.82, 2.24) is 15.0 Å². The summed E-state index contributed by atoms with van der Waals surface area (Å²) in [4.78, 5) is 35.6. The lowest BCUT2D eigenvalue weighted by Gasteiger charge is -2.29. The van der Waals surface area contributed by atoms with Gasteiger partial charge in [0, 0.05) is 24.7 Å². The lowest BCUT2D eigenvalue weighted by Crippen LogP contribution is -2.51. The number of nitrogens with zero attached hydrogens (tertiary/aromatic N) is 2. The number of hydrogen-bond donors (Lipinski definition) is 1. The molecule has 1 heterocycles. The molecule has 0 fully saturated rings. The smallest absolute Gasteiger partial charge is 0.424 e. The molecule has 0 aliphatic rings. The van der Waals surface area contributed by atoms with Crippen LogP contribution < -0.4 is 10.4 Å². The molecule has 3 aromatic rings. The van der Waals surface area contributed by atoms with Crippen molar-refractivity contribution < 1.29 is 27.4 Å². The second kappa shape index (κ2) is 12.1. The Morgan fingerprint density at radius 3 is 2.42 bits per heavy atom. The number of methoxy groups -OCH3 is 1. The van der Waals surface area contributed by atoms with E-state index in [-0.39, 0.29) is 29.2 Å². The number of rotatable bonds is 11. The van der Waals surface area contributed by atoms with Crippen molar-refractivity contribution in [2.24, 2.45) is 0 Å². The lowest BCUT2D eigenvalue weighted by molar-refractivity contribution is -0.252. The average molecular weight is 552 g/mol. The van der Waals surface area contributed by atoms with Gasteiger partial charge in [-0.1, -0.05) is 31.0 Å². The van der Waals surface area contributed by atoms with E-state index in [2.05, 4.69) is 26.6 Å². The largest absolute Gasteiger partial charge is 0.491 e. The second-order valence-corrected chi connectivity index (χ2v) is 9.45. The van der Waals surface area contributed by atoms with Gasteiger partial charge in [-0.15, -0.1) is 0 Å². The zero-order valence-electron chi connectivity index (χ0n) is 21.5. The number of carbonyl (C=O) groups is 1. The molecule has 0 unspecified atom stereocenters. The number of hydrogen-bond acceptors (Lipinski definition) is 6. The first-order valence-corrected chi connectivity index (χ1v) is 12.4. The van der Waals surface area contributed by atoms with Crippen LogP contribution in [0.25, 0.3) is 22.8 Å². The molecule has 1 N–H and O–H groups in total. The predicted octanol–water partition coefficient (Wildman–Crippen LogP) is 6.19. The summed E-state index contributed by atoms with van der Waals surface area (Å²) >= 11 is 6.36. The molecular formula is C27H29ClF3N3O4. The number of benzene rings is 2. The quantitative estimate of drug-likeness (QED) is 0.305. The predicted molar refractivity (Wildman–Crippen MR) is 138 cm³/mol. The third-order valence-corrected chi connectivity index (χ3v) is 6.53. The number of H-pyrrole nitrogens is 1. The van der Waals surface area contributed by atoms with Crippen molar-refractivity contribution in [2.75, 3.05) is 7.11 Å². The fourth-order valence-electron chi connectivity index (χ4n) is 3.81. The maximum Gasteiger partial charge on any atom is 0.424 e. The Morgan fingerprint density at radius 1 is 1.13 bits per heavy atom. The summed E-state index contributed by atoms with van der Waals surface area (Å²) in [5.41, 5.74) is -2.10. The van der Waals surface area contributed by atoms with Gasteiger partial charge in [0.1, 0.15) is 11.6 Å². The first-order valence-electron chi connectivity index (χ1n) is 12.1. The molecule has 2 atom stereocenters. The zero-order chi connectivity index (χ0) is 28.1. The van der Waals surface area contributed by atoms with Crippen LogP contribution >= 0.6 is 11.6 Å². The number of halogens is 4. The van der Waals surface area contributed by atoms with E-state index in [0.29, 0.717) is 29.4 Å². The van der Waals surface area contributed by atoms with Crippen molar-refractivity contribution in [1.29, 1.82) is 0 Å². The molecule has 0 saturated carbocycles. The van der Waals surface area contributed by atoms with Gasteiger partial charge >= 0.3 is 11.9 Å². The third-order valence-electron chi connectivity index (χ3n) is 6.20. The molecule has 0 spiro atoms. The Kier molecular flexibility index (Phi) is 9.32. The lowest BCUT2D eigenvalue weighted by atomic mass is 9.94. The van der Waals surface area contributed by atoms with E-state index in [1.54, 1.807) is 36.4 Å². The van der Waals surface area contributed by atoms with E-state index in [1.807, 2.05) is 6.92 Å². The van der Waals surface area contributed by atoms with E-state index >= 15 is 0 Å². The highest BCUT2D eigenvalue weighted by molar-refractivity contribution is 6.33. The highest BCUT2D eigenvalue weighted by Gasteiger charge is 2.56. The van der Waals surface area contributed by atoms with Gasteiger partial charge in [-0.25, -0.2) is 9.78 Å². The maximum absolute atomic E-state index is 13.3. The van der Waals surface area contributed by atoms with Crippen molar-refractivity contribution in [3.8, 4) is 28.5 Å². The van der Waals surface area contributed by atoms with Gasteiger partial charge in [-0.05, 0) is 68.7 Å². The van der Waals surface area contributed by atoms with E-state index in [1.165, 1.54) is 6.07 Å². The Labute approximate surface area is 223 Å². The fraction of sp³-hybridized carbons (Fsp3) is 0.407. The summed E-state index contributed by atoms with van der Waals surface area (Å²) in [6.45, 7) is 4.78. The number of ketones is 1. The molecule has 0 aliphatic carbocycles. The van der Waals surface area contributed by atoms with E-state index < -0.39 is 29.7 Å². The van der Waals surface area contributed by atoms with Crippen LogP contribution in [0.5, 0.6) is 5.75 Å². The minimum absolute atomic E-state index is 0.00186. The van der Waals surface area contributed by atoms with Gasteiger partial charge in [0.15, 0.2) is 11.6 Å². The van der Waals surface area contributed by atoms with Gasteiger partial charge in [-0.3, -0.25) is 9.78 Å². The molecule has 0 radical (unpaired) electrons. The molecule has 7 nitrogen and oxygen atoms in total. The molecule has 11 heteroatoms. The van der Waals surface area contributed by atoms with Crippen LogP contribution in [-0.4, -0.2) is 45.7 Å². The summed E-state index contributed by atoms with van der Waals surface area (Å²) in [6.07, 6.45) is -3.28. The minimum atomic E-state index is -4.85. The number of Topliss-reactive ketones (excluding diaryl/α,β-unsaturated/α-hetero) is 1. The van der Waals surface area contributed by atoms with Crippen LogP contribution in [-0.2, 0) is 16.0 Å². The van der Waals surface area contributed by atoms with Crippen LogP contribution in [0.4, 0.5) is 13.2 Å². The Hall–Kier alpha value is -3.24. The number of aromatic amines is 1. The number of aryl methyl sites for hydroxylation is 1. The zero-order valence-corrected chi connectivity index (χ0v) is 22.2. The topological polar surface area (TPSA) is 94.2 Å². The van der Waals surface area contributed by atoms with Crippen molar-refractivity contribution in [3.63, 3.8) is 0 Å². The molecule has 38 heavy (non-hydrogen) atoms. The molecule has 2 aromatic carbocycles. The summed E-state index contributed by atoms with van der Waals surface area (Å²) in [6, 6.07) is 11.7. The molecule has 0 saturated heterocycles. The minimum Gasteiger partial charge on any atom is -0.491 e. The van der Waals surface area contributed by atoms with Crippen molar-refractivity contribution in [2.45, 2.75) is 64.3 Å². The maximum atomic E-state index is 13.3. The molecule has 0 bridgehead atoms. The fourth-order valence-corrected chi connectivity index (χ4v) is 4.02. The average Bonchev–Trinajstić information content (AvgIpc) is 2.87. The van der Waals surface area contributed by atoms with Crippen molar-refractivity contribution in [3.05, 3.63) is 63.5 Å². The summed E-state index contributed by atoms with van der Waals surface area (Å²) in [5, 5.41) is 0.256. The highest BCUT2D eigenvalue weighted by Crippen LogP contribution is 2.35. The van der Waals surface area contributed by atoms with Gasteiger partial charge in [0.2, 0.25) is 5.60 Å². The normalized spacial score (nSPS) is 14.1. The molecular weight excluding hydrogens is 523 g/mol. The van der Waals surface area contributed by atoms with E-state index in [4.69, 9.17) is 16.3 Å². The summed E-state index contributed by atoms with van der Waals surface area (Å²) in [7, 11) is 0.850. The molecule has 204 valence electrons. The molecule has 0 amide bonds. The number of alkyl halides is 3. The van der Waals surface area contributed by atoms with Gasteiger partial charge < -0.3 is 9.47 Å². The number of ether oxygens (including phenoxy) is 2. The standard InChI is InChI=1S/C27H29ClF3N3O4/c1-5-6-16(2)38-19-11-9-18(10-12-19)23-32-24(34-25(36)33-23)20-15-17(7-13-21(20)28)8-14-22(35)26(3,37-4)27(29,30)31/h7,9-13,15-16H,5-6,8,14H2,1-4H3,(H,32,33,34,36)/t16-,26+/m0/s1. The van der Waals surface area contributed by atoms with Crippen LogP contribution in [0.2, 0.25) is 5.02 Å². The van der Waals surface area contributed by atoms with E-state index in [0.717, 1.165) is 20.0 Å². The SMILES string of the molecule is CCC[C@H](C)Oc1ccc(-c2nc(-c3cc(CCC(=O)[C@@](C)(OC)C(F)(F)F)ccc3Cl)[nH]c(=O)n2)cc1. The highest BCUT2D eigenvalue weighted by atomic mass is 35.5. The molecule has 3 rings (SSSR count). The van der Waals surface area contributed by atoms with Gasteiger partial charge in [-0.2, -0.15) is 18.2 Å². The van der Waals surface area contributed by atoms with Gasteiger partial charge in [0.25, 0.3) is 0 Å². The first-order chi connectivity index (χ1) is 17.9. The summed E-state index contributed by atoms with van der Waals surface area (Å²) < 4.78 is 50.3. The molecule has 0 aliphatic heterocycles. The van der Waals surface area contributed by atoms with Crippen LogP contribution in [0.3, 0.4) is 0 Å². The van der Waals surface area contributed by atoms with Gasteiger partial charge in [0.05, 0.1) is 11.1 Å². The van der Waals surface area contributed by atoms with E-state index in [9.17, 15) is 22.8 Å². The third kappa shape index (κ3) is 6.79. The first kappa shape index (κ1) is 29.3. The Balaban J connectivity index is 1.85. The summed E-state index contributed by atoms with van der Waals surface area (Å²) in [5.74, 6) is -0.125. The van der Waals surface area contributed by atoms with Crippen LogP contribution in [0, 0.1) is 0 Å². The van der Waals surface area contributed by atoms with Crippen LogP contribution in [0.1, 0.15) is 45.6 Å². The number of nitrogens with one attached hydrogen (secondary N) is 1. The number of aromatic nitrogens is 3.